The second kappa shape index (κ2) is 7.29. The monoisotopic (exact) mass is 335 g/mol. The van der Waals surface area contributed by atoms with Crippen molar-refractivity contribution in [1.82, 2.24) is 5.32 Å². The van der Waals surface area contributed by atoms with Crippen molar-refractivity contribution < 1.29 is 13.2 Å². The van der Waals surface area contributed by atoms with Gasteiger partial charge in [0.25, 0.3) is 0 Å². The number of nitrogens with one attached hydrogen (secondary N) is 1. The van der Waals surface area contributed by atoms with E-state index in [1.54, 1.807) is 23.9 Å². The molecular formula is C15H20F3NS2. The molecule has 1 N–H and O–H groups in total. The number of thioether (sulfide) groups is 2. The Hall–Kier alpha value is -0.330. The summed E-state index contributed by atoms with van der Waals surface area (Å²) in [4.78, 5) is 0. The number of alkyl halides is 3. The van der Waals surface area contributed by atoms with Crippen molar-refractivity contribution in [2.45, 2.75) is 36.6 Å². The molecule has 3 unspecified atom stereocenters. The summed E-state index contributed by atoms with van der Waals surface area (Å²) in [6.07, 6.45) is -4.31. The van der Waals surface area contributed by atoms with Gasteiger partial charge in [-0.15, -0.1) is 0 Å². The first-order valence-electron chi connectivity index (χ1n) is 7.08. The Morgan fingerprint density at radius 1 is 1.24 bits per heavy atom. The topological polar surface area (TPSA) is 12.0 Å². The fraction of sp³-hybridized carbons (Fsp3) is 0.600. The Morgan fingerprint density at radius 2 is 1.90 bits per heavy atom. The van der Waals surface area contributed by atoms with Gasteiger partial charge < -0.3 is 5.32 Å². The molecule has 3 atom stereocenters. The molecule has 0 amide bonds. The van der Waals surface area contributed by atoms with Gasteiger partial charge in [0, 0.05) is 28.0 Å². The number of rotatable bonds is 4. The molecule has 6 heteroatoms. The summed E-state index contributed by atoms with van der Waals surface area (Å²) in [5, 5.41) is 3.78. The minimum absolute atomic E-state index is 0.159. The number of benzene rings is 1. The summed E-state index contributed by atoms with van der Waals surface area (Å²) in [7, 11) is 0. The van der Waals surface area contributed by atoms with E-state index in [4.69, 9.17) is 0 Å². The molecule has 118 valence electrons. The maximum atomic E-state index is 13.3. The van der Waals surface area contributed by atoms with Gasteiger partial charge >= 0.3 is 6.18 Å². The highest BCUT2D eigenvalue weighted by Gasteiger charge is 2.38. The molecule has 1 aromatic rings. The minimum Gasteiger partial charge on any atom is -0.309 e. The molecule has 1 nitrogen and oxygen atoms in total. The van der Waals surface area contributed by atoms with E-state index >= 15 is 0 Å². The van der Waals surface area contributed by atoms with E-state index in [2.05, 4.69) is 12.2 Å². The zero-order valence-electron chi connectivity index (χ0n) is 12.1. The summed E-state index contributed by atoms with van der Waals surface area (Å²) >= 11 is 3.63. The molecule has 1 aliphatic rings. The van der Waals surface area contributed by atoms with Gasteiger partial charge in [-0.3, -0.25) is 0 Å². The van der Waals surface area contributed by atoms with Crippen molar-refractivity contribution in [3.8, 4) is 0 Å². The van der Waals surface area contributed by atoms with Gasteiger partial charge in [0.1, 0.15) is 0 Å². The number of halogens is 3. The molecule has 1 saturated heterocycles. The van der Waals surface area contributed by atoms with Gasteiger partial charge in [-0.2, -0.15) is 36.7 Å². The predicted molar refractivity (Wildman–Crippen MR) is 86.0 cm³/mol. The first-order chi connectivity index (χ1) is 9.95. The fourth-order valence-electron chi connectivity index (χ4n) is 2.67. The van der Waals surface area contributed by atoms with Crippen LogP contribution in [0.5, 0.6) is 0 Å². The minimum atomic E-state index is -4.31. The van der Waals surface area contributed by atoms with E-state index in [0.717, 1.165) is 11.5 Å². The van der Waals surface area contributed by atoms with E-state index in [9.17, 15) is 13.2 Å². The second-order valence-electron chi connectivity index (χ2n) is 5.03. The fourth-order valence-corrected chi connectivity index (χ4v) is 5.60. The lowest BCUT2D eigenvalue weighted by molar-refractivity contribution is -0.138. The molecule has 0 bridgehead atoms. The van der Waals surface area contributed by atoms with Crippen LogP contribution in [0.15, 0.2) is 24.3 Å². The van der Waals surface area contributed by atoms with E-state index in [-0.39, 0.29) is 11.3 Å². The molecule has 0 aliphatic carbocycles. The molecule has 1 heterocycles. The zero-order valence-corrected chi connectivity index (χ0v) is 13.7. The molecule has 2 rings (SSSR count). The van der Waals surface area contributed by atoms with E-state index in [1.807, 2.05) is 18.7 Å². The average molecular weight is 335 g/mol. The highest BCUT2D eigenvalue weighted by molar-refractivity contribution is 8.07. The largest absolute Gasteiger partial charge is 0.416 e. The Bertz CT molecular complexity index is 464. The maximum Gasteiger partial charge on any atom is 0.416 e. The first-order valence-corrected chi connectivity index (χ1v) is 9.17. The third-order valence-corrected chi connectivity index (χ3v) is 6.79. The van der Waals surface area contributed by atoms with Gasteiger partial charge in [-0.25, -0.2) is 0 Å². The standard InChI is InChI=1S/C15H20F3NS2/c1-3-19-13(14-10(2)20-8-9-21-14)11-6-4-5-7-12(11)15(16,17)18/h4-7,10,13-14,19H,3,8-9H2,1-2H3. The number of hydrogen-bond donors (Lipinski definition) is 1. The SMILES string of the molecule is CCNC(c1ccccc1C(F)(F)F)C1SCCSC1C. The van der Waals surface area contributed by atoms with Crippen LogP contribution in [0.2, 0.25) is 0 Å². The van der Waals surface area contributed by atoms with Crippen LogP contribution in [0.3, 0.4) is 0 Å². The lowest BCUT2D eigenvalue weighted by atomic mass is 9.96. The van der Waals surface area contributed by atoms with Crippen LogP contribution in [-0.4, -0.2) is 28.6 Å². The molecular weight excluding hydrogens is 315 g/mol. The van der Waals surface area contributed by atoms with Crippen LogP contribution >= 0.6 is 23.5 Å². The summed E-state index contributed by atoms with van der Waals surface area (Å²) in [5.41, 5.74) is -0.141. The predicted octanol–water partition coefficient (Wildman–Crippen LogP) is 4.59. The summed E-state index contributed by atoms with van der Waals surface area (Å²) in [5.74, 6) is 2.07. The quantitative estimate of drug-likeness (QED) is 0.864. The van der Waals surface area contributed by atoms with Crippen LogP contribution in [-0.2, 0) is 6.18 Å². The lowest BCUT2D eigenvalue weighted by Gasteiger charge is -2.36. The Morgan fingerprint density at radius 3 is 2.52 bits per heavy atom. The maximum absolute atomic E-state index is 13.3. The molecule has 21 heavy (non-hydrogen) atoms. The normalized spacial score (nSPS) is 24.8. The van der Waals surface area contributed by atoms with Gasteiger partial charge in [0.15, 0.2) is 0 Å². The molecule has 0 spiro atoms. The Labute approximate surface area is 132 Å². The van der Waals surface area contributed by atoms with E-state index in [1.165, 1.54) is 12.1 Å². The van der Waals surface area contributed by atoms with Gasteiger partial charge in [0.2, 0.25) is 0 Å². The zero-order chi connectivity index (χ0) is 15.5. The van der Waals surface area contributed by atoms with Crippen LogP contribution in [0.25, 0.3) is 0 Å². The molecule has 0 radical (unpaired) electrons. The third-order valence-electron chi connectivity index (χ3n) is 3.59. The van der Waals surface area contributed by atoms with Crippen molar-refractivity contribution in [3.63, 3.8) is 0 Å². The first kappa shape index (κ1) is 17.0. The highest BCUT2D eigenvalue weighted by Crippen LogP contribution is 2.42. The Kier molecular flexibility index (Phi) is 5.91. The van der Waals surface area contributed by atoms with Crippen LogP contribution in [0.1, 0.15) is 31.0 Å². The van der Waals surface area contributed by atoms with E-state index in [0.29, 0.717) is 17.4 Å². The summed E-state index contributed by atoms with van der Waals surface area (Å²) < 4.78 is 39.8. The van der Waals surface area contributed by atoms with Gasteiger partial charge in [-0.05, 0) is 18.2 Å². The molecule has 0 aromatic heterocycles. The molecule has 0 saturated carbocycles. The summed E-state index contributed by atoms with van der Waals surface area (Å²) in [6.45, 7) is 4.71. The molecule has 1 fully saturated rings. The van der Waals surface area contributed by atoms with Crippen LogP contribution in [0.4, 0.5) is 13.2 Å². The van der Waals surface area contributed by atoms with Crippen molar-refractivity contribution in [2.24, 2.45) is 0 Å². The Balaban J connectivity index is 2.38. The van der Waals surface area contributed by atoms with Crippen molar-refractivity contribution in [3.05, 3.63) is 35.4 Å². The van der Waals surface area contributed by atoms with E-state index < -0.39 is 11.7 Å². The van der Waals surface area contributed by atoms with Crippen LogP contribution in [0, 0.1) is 0 Å². The highest BCUT2D eigenvalue weighted by atomic mass is 32.2. The average Bonchev–Trinajstić information content (AvgIpc) is 2.45. The molecule has 1 aliphatic heterocycles. The molecule has 1 aromatic carbocycles. The lowest BCUT2D eigenvalue weighted by Crippen LogP contribution is -2.38. The van der Waals surface area contributed by atoms with Gasteiger partial charge in [0.05, 0.1) is 5.56 Å². The number of hydrogen-bond acceptors (Lipinski definition) is 3. The summed E-state index contributed by atoms with van der Waals surface area (Å²) in [6, 6.07) is 5.69. The van der Waals surface area contributed by atoms with Crippen molar-refractivity contribution in [1.29, 1.82) is 0 Å². The van der Waals surface area contributed by atoms with Crippen LogP contribution < -0.4 is 5.32 Å². The smallest absolute Gasteiger partial charge is 0.309 e. The van der Waals surface area contributed by atoms with Crippen molar-refractivity contribution in [2.75, 3.05) is 18.1 Å². The van der Waals surface area contributed by atoms with Crippen molar-refractivity contribution >= 4 is 23.5 Å². The third kappa shape index (κ3) is 4.11. The second-order valence-corrected chi connectivity index (χ2v) is 7.80. The van der Waals surface area contributed by atoms with Gasteiger partial charge in [-0.1, -0.05) is 32.0 Å².